The van der Waals surface area contributed by atoms with Crippen LogP contribution in [0, 0.1) is 5.82 Å². The van der Waals surface area contributed by atoms with Gasteiger partial charge >= 0.3 is 6.09 Å². The van der Waals surface area contributed by atoms with Crippen LogP contribution in [-0.2, 0) is 11.2 Å². The Balaban J connectivity index is 2.09. The van der Waals surface area contributed by atoms with Crippen LogP contribution >= 0.6 is 0 Å². The van der Waals surface area contributed by atoms with E-state index in [1.807, 2.05) is 26.8 Å². The van der Waals surface area contributed by atoms with Crippen molar-refractivity contribution in [3.8, 4) is 0 Å². The molecule has 2 rings (SSSR count). The van der Waals surface area contributed by atoms with E-state index in [9.17, 15) is 9.18 Å². The minimum atomic E-state index is -0.523. The van der Waals surface area contributed by atoms with E-state index in [1.165, 1.54) is 6.07 Å². The highest BCUT2D eigenvalue weighted by Gasteiger charge is 2.30. The number of halogens is 1. The second-order valence-corrected chi connectivity index (χ2v) is 6.33. The quantitative estimate of drug-likeness (QED) is 0.911. The van der Waals surface area contributed by atoms with Crippen molar-refractivity contribution in [2.45, 2.75) is 38.8 Å². The number of amides is 1. The van der Waals surface area contributed by atoms with Crippen LogP contribution in [0.15, 0.2) is 24.3 Å². The Morgan fingerprint density at radius 2 is 2.14 bits per heavy atom. The SMILES string of the molecule is CC(C)(C)OC(=O)N1CCNC[C@@H]1Cc1ccccc1F. The molecule has 0 unspecified atom stereocenters. The summed E-state index contributed by atoms with van der Waals surface area (Å²) < 4.78 is 19.2. The summed E-state index contributed by atoms with van der Waals surface area (Å²) in [7, 11) is 0. The first-order valence-corrected chi connectivity index (χ1v) is 7.30. The van der Waals surface area contributed by atoms with Crippen molar-refractivity contribution in [1.29, 1.82) is 0 Å². The molecule has 21 heavy (non-hydrogen) atoms. The van der Waals surface area contributed by atoms with Gasteiger partial charge in [-0.25, -0.2) is 9.18 Å². The topological polar surface area (TPSA) is 41.6 Å². The van der Waals surface area contributed by atoms with Gasteiger partial charge in [0.05, 0.1) is 6.04 Å². The van der Waals surface area contributed by atoms with E-state index in [1.54, 1.807) is 17.0 Å². The Hall–Kier alpha value is -1.62. The van der Waals surface area contributed by atoms with Crippen molar-refractivity contribution in [2.24, 2.45) is 0 Å². The molecule has 1 heterocycles. The van der Waals surface area contributed by atoms with Crippen LogP contribution in [-0.4, -0.2) is 42.3 Å². The summed E-state index contributed by atoms with van der Waals surface area (Å²) in [5.74, 6) is -0.229. The van der Waals surface area contributed by atoms with E-state index in [2.05, 4.69) is 5.32 Å². The molecule has 1 N–H and O–H groups in total. The predicted molar refractivity (Wildman–Crippen MR) is 79.7 cm³/mol. The molecule has 0 aromatic heterocycles. The molecule has 0 bridgehead atoms. The molecule has 0 aliphatic carbocycles. The zero-order valence-electron chi connectivity index (χ0n) is 12.9. The zero-order chi connectivity index (χ0) is 15.5. The van der Waals surface area contributed by atoms with Gasteiger partial charge in [0, 0.05) is 19.6 Å². The molecule has 0 saturated carbocycles. The molecule has 1 atom stereocenters. The average molecular weight is 294 g/mol. The minimum absolute atomic E-state index is 0.0921. The number of carbonyl (C=O) groups excluding carboxylic acids is 1. The number of piperazine rings is 1. The molecule has 1 aromatic rings. The highest BCUT2D eigenvalue weighted by molar-refractivity contribution is 5.68. The van der Waals surface area contributed by atoms with Gasteiger partial charge in [0.2, 0.25) is 0 Å². The van der Waals surface area contributed by atoms with Gasteiger partial charge in [0.25, 0.3) is 0 Å². The predicted octanol–water partition coefficient (Wildman–Crippen LogP) is 2.58. The molecule has 1 amide bonds. The number of nitrogens with one attached hydrogen (secondary N) is 1. The molecule has 4 nitrogen and oxygen atoms in total. The number of hydrogen-bond donors (Lipinski definition) is 1. The molecule has 0 radical (unpaired) electrons. The van der Waals surface area contributed by atoms with E-state index in [-0.39, 0.29) is 18.0 Å². The Bertz CT molecular complexity index is 499. The molecule has 1 fully saturated rings. The van der Waals surface area contributed by atoms with Crippen LogP contribution < -0.4 is 5.32 Å². The van der Waals surface area contributed by atoms with E-state index < -0.39 is 5.60 Å². The van der Waals surface area contributed by atoms with Crippen molar-refractivity contribution in [2.75, 3.05) is 19.6 Å². The summed E-state index contributed by atoms with van der Waals surface area (Å²) in [6.07, 6.45) is 0.157. The third-order valence-electron chi connectivity index (χ3n) is 3.39. The number of ether oxygens (including phenoxy) is 1. The number of benzene rings is 1. The van der Waals surface area contributed by atoms with E-state index in [0.29, 0.717) is 25.1 Å². The van der Waals surface area contributed by atoms with Gasteiger partial charge in [-0.05, 0) is 38.8 Å². The molecule has 116 valence electrons. The van der Waals surface area contributed by atoms with Gasteiger partial charge in [-0.2, -0.15) is 0 Å². The van der Waals surface area contributed by atoms with Gasteiger partial charge in [0.15, 0.2) is 0 Å². The molecule has 1 saturated heterocycles. The lowest BCUT2D eigenvalue weighted by Crippen LogP contribution is -2.55. The van der Waals surface area contributed by atoms with Crippen molar-refractivity contribution in [1.82, 2.24) is 10.2 Å². The second kappa shape index (κ2) is 6.43. The lowest BCUT2D eigenvalue weighted by molar-refractivity contribution is 0.0121. The lowest BCUT2D eigenvalue weighted by Gasteiger charge is -2.37. The second-order valence-electron chi connectivity index (χ2n) is 6.33. The maximum atomic E-state index is 13.8. The van der Waals surface area contributed by atoms with E-state index in [0.717, 1.165) is 6.54 Å². The maximum absolute atomic E-state index is 13.8. The van der Waals surface area contributed by atoms with Gasteiger partial charge in [-0.3, -0.25) is 0 Å². The summed E-state index contributed by atoms with van der Waals surface area (Å²) in [5.41, 5.74) is 0.101. The highest BCUT2D eigenvalue weighted by Crippen LogP contribution is 2.17. The van der Waals surface area contributed by atoms with Crippen LogP contribution in [0.25, 0.3) is 0 Å². The van der Waals surface area contributed by atoms with Gasteiger partial charge in [-0.1, -0.05) is 18.2 Å². The molecule has 1 aliphatic heterocycles. The number of carbonyl (C=O) groups is 1. The summed E-state index contributed by atoms with van der Waals surface area (Å²) >= 11 is 0. The summed E-state index contributed by atoms with van der Waals surface area (Å²) in [6, 6.07) is 6.60. The van der Waals surface area contributed by atoms with Crippen LogP contribution in [0.1, 0.15) is 26.3 Å². The molecular formula is C16H23FN2O2. The van der Waals surface area contributed by atoms with Crippen LogP contribution in [0.5, 0.6) is 0 Å². The maximum Gasteiger partial charge on any atom is 0.410 e. The van der Waals surface area contributed by atoms with Crippen LogP contribution in [0.3, 0.4) is 0 Å². The first kappa shape index (κ1) is 15.8. The molecular weight excluding hydrogens is 271 g/mol. The largest absolute Gasteiger partial charge is 0.444 e. The fourth-order valence-electron chi connectivity index (χ4n) is 2.42. The van der Waals surface area contributed by atoms with Gasteiger partial charge < -0.3 is 15.0 Å². The monoisotopic (exact) mass is 294 g/mol. The van der Waals surface area contributed by atoms with Crippen LogP contribution in [0.4, 0.5) is 9.18 Å². The fourth-order valence-corrected chi connectivity index (χ4v) is 2.42. The molecule has 1 aliphatic rings. The lowest BCUT2D eigenvalue weighted by atomic mass is 10.0. The van der Waals surface area contributed by atoms with E-state index in [4.69, 9.17) is 4.74 Å². The summed E-state index contributed by atoms with van der Waals surface area (Å²) in [6.45, 7) is 7.49. The standard InChI is InChI=1S/C16H23FN2O2/c1-16(2,3)21-15(20)19-9-8-18-11-13(19)10-12-6-4-5-7-14(12)17/h4-7,13,18H,8-11H2,1-3H3/t13-/m0/s1. The smallest absolute Gasteiger partial charge is 0.410 e. The summed E-state index contributed by atoms with van der Waals surface area (Å²) in [5, 5.41) is 3.25. The first-order valence-electron chi connectivity index (χ1n) is 7.30. The fraction of sp³-hybridized carbons (Fsp3) is 0.562. The third kappa shape index (κ3) is 4.43. The Kier molecular flexibility index (Phi) is 4.83. The van der Waals surface area contributed by atoms with Crippen molar-refractivity contribution in [3.05, 3.63) is 35.6 Å². The Labute approximate surface area is 125 Å². The number of hydrogen-bond acceptors (Lipinski definition) is 3. The number of rotatable bonds is 2. The summed E-state index contributed by atoms with van der Waals surface area (Å²) in [4.78, 5) is 14.0. The normalized spacial score (nSPS) is 19.4. The third-order valence-corrected chi connectivity index (χ3v) is 3.39. The van der Waals surface area contributed by atoms with Crippen molar-refractivity contribution in [3.63, 3.8) is 0 Å². The van der Waals surface area contributed by atoms with E-state index >= 15 is 0 Å². The Morgan fingerprint density at radius 1 is 1.43 bits per heavy atom. The Morgan fingerprint density at radius 3 is 2.81 bits per heavy atom. The zero-order valence-corrected chi connectivity index (χ0v) is 12.9. The molecule has 1 aromatic carbocycles. The molecule has 5 heteroatoms. The number of nitrogens with zero attached hydrogens (tertiary/aromatic N) is 1. The van der Waals surface area contributed by atoms with Crippen molar-refractivity contribution < 1.29 is 13.9 Å². The van der Waals surface area contributed by atoms with Crippen molar-refractivity contribution >= 4 is 6.09 Å². The molecule has 0 spiro atoms. The minimum Gasteiger partial charge on any atom is -0.444 e. The van der Waals surface area contributed by atoms with Crippen LogP contribution in [0.2, 0.25) is 0 Å². The van der Waals surface area contributed by atoms with Gasteiger partial charge in [-0.15, -0.1) is 0 Å². The van der Waals surface area contributed by atoms with Gasteiger partial charge in [0.1, 0.15) is 11.4 Å². The highest BCUT2D eigenvalue weighted by atomic mass is 19.1. The first-order chi connectivity index (χ1) is 9.87. The average Bonchev–Trinajstić information content (AvgIpc) is 2.40.